The topological polar surface area (TPSA) is 180 Å². The smallest absolute Gasteiger partial charge is 0.280 e. The highest BCUT2D eigenvalue weighted by atomic mass is 16.6. The van der Waals surface area contributed by atoms with Crippen LogP contribution in [-0.2, 0) is 11.3 Å². The van der Waals surface area contributed by atoms with Crippen LogP contribution in [-0.4, -0.2) is 36.9 Å². The highest BCUT2D eigenvalue weighted by Gasteiger charge is 2.21. The van der Waals surface area contributed by atoms with Crippen molar-refractivity contribution in [2.24, 2.45) is 5.10 Å². The molecule has 3 aromatic heterocycles. The number of fused-ring (bicyclic) bond motifs is 1. The molecule has 186 valence electrons. The molecule has 13 nitrogen and oxygen atoms in total. The van der Waals surface area contributed by atoms with Crippen LogP contribution in [0.25, 0.3) is 33.9 Å². The zero-order valence-corrected chi connectivity index (χ0v) is 19.7. The van der Waals surface area contributed by atoms with Crippen LogP contribution in [0.1, 0.15) is 16.9 Å². The Morgan fingerprint density at radius 1 is 1.19 bits per heavy atom. The molecular formula is C24H20N8O5. The van der Waals surface area contributed by atoms with Gasteiger partial charge in [0.1, 0.15) is 18.1 Å². The maximum Gasteiger partial charge on any atom is 0.280 e. The van der Waals surface area contributed by atoms with Crippen LogP contribution in [0, 0.1) is 24.0 Å². The third-order valence-electron chi connectivity index (χ3n) is 5.76. The van der Waals surface area contributed by atoms with Crippen molar-refractivity contribution < 1.29 is 18.8 Å². The molecule has 0 bridgehead atoms. The summed E-state index contributed by atoms with van der Waals surface area (Å²) < 4.78 is 12.0. The Labute approximate surface area is 208 Å². The monoisotopic (exact) mass is 500 g/mol. The summed E-state index contributed by atoms with van der Waals surface area (Å²) in [5, 5.41) is 22.8. The summed E-state index contributed by atoms with van der Waals surface area (Å²) in [7, 11) is 0. The maximum absolute atomic E-state index is 12.7. The Morgan fingerprint density at radius 2 is 1.97 bits per heavy atom. The van der Waals surface area contributed by atoms with E-state index in [2.05, 4.69) is 30.5 Å². The lowest BCUT2D eigenvalue weighted by Gasteiger charge is -2.06. The van der Waals surface area contributed by atoms with E-state index < -0.39 is 10.8 Å². The number of hydrazone groups is 1. The number of carbonyl (C=O) groups is 1. The molecule has 0 saturated carbocycles. The van der Waals surface area contributed by atoms with Crippen molar-refractivity contribution in [2.45, 2.75) is 20.4 Å². The molecule has 0 atom stereocenters. The van der Waals surface area contributed by atoms with Gasteiger partial charge in [-0.25, -0.2) is 15.0 Å². The SMILES string of the molecule is Cc1cc(-c2ccc(/C=N\NC(=O)Cn3c(-c4nonc4N)nc4ccccc43)o2)c([N+](=O)[O-])cc1C. The number of hydrogen-bond donors (Lipinski definition) is 2. The summed E-state index contributed by atoms with van der Waals surface area (Å²) in [4.78, 5) is 28.3. The number of imidazole rings is 1. The number of nitro benzene ring substituents is 1. The first-order valence-electron chi connectivity index (χ1n) is 11.0. The molecule has 1 amide bonds. The Kier molecular flexibility index (Phi) is 5.93. The number of nitro groups is 1. The predicted molar refractivity (Wildman–Crippen MR) is 133 cm³/mol. The van der Waals surface area contributed by atoms with Crippen LogP contribution in [0.4, 0.5) is 11.5 Å². The van der Waals surface area contributed by atoms with Gasteiger partial charge in [-0.1, -0.05) is 12.1 Å². The molecule has 3 heterocycles. The first kappa shape index (κ1) is 23.4. The summed E-state index contributed by atoms with van der Waals surface area (Å²) in [5.41, 5.74) is 11.8. The number of nitrogens with zero attached hydrogens (tertiary/aromatic N) is 6. The van der Waals surface area contributed by atoms with Gasteiger partial charge in [0.15, 0.2) is 17.3 Å². The molecule has 13 heteroatoms. The number of amides is 1. The summed E-state index contributed by atoms with van der Waals surface area (Å²) in [6.07, 6.45) is 1.31. The number of nitrogens with one attached hydrogen (secondary N) is 1. The average molecular weight is 500 g/mol. The minimum Gasteiger partial charge on any atom is -0.455 e. The molecule has 5 aromatic rings. The van der Waals surface area contributed by atoms with Crippen molar-refractivity contribution in [3.8, 4) is 22.8 Å². The molecule has 0 radical (unpaired) electrons. The number of aromatic nitrogens is 4. The fraction of sp³-hybridized carbons (Fsp3) is 0.125. The Bertz CT molecular complexity index is 1680. The number of carbonyl (C=O) groups excluding carboxylic acids is 1. The van der Waals surface area contributed by atoms with Crippen LogP contribution >= 0.6 is 0 Å². The highest BCUT2D eigenvalue weighted by molar-refractivity contribution is 5.86. The molecule has 5 rings (SSSR count). The first-order chi connectivity index (χ1) is 17.8. The number of nitrogens with two attached hydrogens (primary N) is 1. The number of furan rings is 1. The number of benzene rings is 2. The number of anilines is 1. The van der Waals surface area contributed by atoms with Gasteiger partial charge in [0.05, 0.1) is 27.7 Å². The van der Waals surface area contributed by atoms with E-state index in [9.17, 15) is 14.9 Å². The summed E-state index contributed by atoms with van der Waals surface area (Å²) in [6.45, 7) is 3.53. The van der Waals surface area contributed by atoms with Crippen molar-refractivity contribution >= 4 is 34.7 Å². The molecule has 0 spiro atoms. The fourth-order valence-corrected chi connectivity index (χ4v) is 3.83. The second kappa shape index (κ2) is 9.37. The lowest BCUT2D eigenvalue weighted by Crippen LogP contribution is -2.23. The van der Waals surface area contributed by atoms with Crippen LogP contribution < -0.4 is 11.2 Å². The first-order valence-corrected chi connectivity index (χ1v) is 11.0. The molecule has 37 heavy (non-hydrogen) atoms. The molecule has 3 N–H and O–H groups in total. The molecular weight excluding hydrogens is 480 g/mol. The van der Waals surface area contributed by atoms with Gasteiger partial charge in [-0.2, -0.15) is 5.10 Å². The van der Waals surface area contributed by atoms with Gasteiger partial charge in [-0.05, 0) is 65.6 Å². The summed E-state index contributed by atoms with van der Waals surface area (Å²) >= 11 is 0. The van der Waals surface area contributed by atoms with Gasteiger partial charge in [-0.15, -0.1) is 0 Å². The lowest BCUT2D eigenvalue weighted by molar-refractivity contribution is -0.384. The fourth-order valence-electron chi connectivity index (χ4n) is 3.83. The third-order valence-corrected chi connectivity index (χ3v) is 5.76. The molecule has 0 unspecified atom stereocenters. The third kappa shape index (κ3) is 4.52. The molecule has 2 aromatic carbocycles. The zero-order valence-electron chi connectivity index (χ0n) is 19.7. The largest absolute Gasteiger partial charge is 0.455 e. The predicted octanol–water partition coefficient (Wildman–Crippen LogP) is 3.60. The lowest BCUT2D eigenvalue weighted by atomic mass is 10.0. The van der Waals surface area contributed by atoms with Gasteiger partial charge in [0, 0.05) is 6.07 Å². The van der Waals surface area contributed by atoms with Crippen molar-refractivity contribution in [3.63, 3.8) is 0 Å². The number of para-hydroxylation sites is 2. The molecule has 0 aliphatic rings. The standard InChI is InChI=1S/C24H20N8O5/c1-13-9-16(19(32(34)35)10-14(13)2)20-8-7-15(36-20)11-26-28-21(33)12-31-18-6-4-3-5-17(18)27-24(31)22-23(25)30-37-29-22/h3-11H,12H2,1-2H3,(H2,25,30)(H,28,33)/b26-11-. The van der Waals surface area contributed by atoms with Gasteiger partial charge in [0.25, 0.3) is 11.6 Å². The number of rotatable bonds is 7. The minimum absolute atomic E-state index is 0.0487. The normalized spacial score (nSPS) is 11.4. The van der Waals surface area contributed by atoms with E-state index >= 15 is 0 Å². The number of nitrogen functional groups attached to an aromatic ring is 1. The van der Waals surface area contributed by atoms with Crippen LogP contribution in [0.2, 0.25) is 0 Å². The van der Waals surface area contributed by atoms with E-state index in [1.165, 1.54) is 12.3 Å². The average Bonchev–Trinajstić information content (AvgIpc) is 3.59. The molecule has 0 fully saturated rings. The quantitative estimate of drug-likeness (QED) is 0.192. The second-order valence-corrected chi connectivity index (χ2v) is 8.21. The summed E-state index contributed by atoms with van der Waals surface area (Å²) in [5.74, 6) is 0.540. The zero-order chi connectivity index (χ0) is 26.1. The van der Waals surface area contributed by atoms with E-state index in [1.54, 1.807) is 28.8 Å². The van der Waals surface area contributed by atoms with E-state index in [0.29, 0.717) is 33.9 Å². The van der Waals surface area contributed by atoms with Gasteiger partial charge in [0.2, 0.25) is 0 Å². The van der Waals surface area contributed by atoms with Crippen LogP contribution in [0.5, 0.6) is 0 Å². The minimum atomic E-state index is -0.452. The number of hydrogen-bond acceptors (Lipinski definition) is 10. The number of aryl methyl sites for hydroxylation is 2. The van der Waals surface area contributed by atoms with Crippen molar-refractivity contribution in [3.05, 3.63) is 75.5 Å². The van der Waals surface area contributed by atoms with Crippen LogP contribution in [0.3, 0.4) is 0 Å². The Hall–Kier alpha value is -5.33. The van der Waals surface area contributed by atoms with Gasteiger partial charge < -0.3 is 14.7 Å². The Morgan fingerprint density at radius 3 is 2.73 bits per heavy atom. The van der Waals surface area contributed by atoms with Gasteiger partial charge >= 0.3 is 0 Å². The van der Waals surface area contributed by atoms with E-state index in [1.807, 2.05) is 32.0 Å². The van der Waals surface area contributed by atoms with Crippen molar-refractivity contribution in [1.29, 1.82) is 0 Å². The van der Waals surface area contributed by atoms with E-state index in [0.717, 1.165) is 11.1 Å². The van der Waals surface area contributed by atoms with Crippen molar-refractivity contribution in [1.82, 2.24) is 25.3 Å². The van der Waals surface area contributed by atoms with Crippen molar-refractivity contribution in [2.75, 3.05) is 5.73 Å². The molecule has 0 aliphatic heterocycles. The second-order valence-electron chi connectivity index (χ2n) is 8.21. The van der Waals surface area contributed by atoms with E-state index in [4.69, 9.17) is 10.2 Å². The maximum atomic E-state index is 12.7. The van der Waals surface area contributed by atoms with Crippen LogP contribution in [0.15, 0.2) is 62.7 Å². The van der Waals surface area contributed by atoms with Gasteiger partial charge in [-0.3, -0.25) is 14.9 Å². The molecule has 0 saturated heterocycles. The van der Waals surface area contributed by atoms with E-state index in [-0.39, 0.29) is 23.7 Å². The summed E-state index contributed by atoms with van der Waals surface area (Å²) in [6, 6.07) is 13.7. The Balaban J connectivity index is 1.34. The highest BCUT2D eigenvalue weighted by Crippen LogP contribution is 2.33. The molecule has 0 aliphatic carbocycles.